The summed E-state index contributed by atoms with van der Waals surface area (Å²) in [6.45, 7) is 0.783. The van der Waals surface area contributed by atoms with Gasteiger partial charge in [0.05, 0.1) is 51.3 Å². The summed E-state index contributed by atoms with van der Waals surface area (Å²) in [7, 11) is 0. The van der Waals surface area contributed by atoms with Gasteiger partial charge in [-0.05, 0) is 20.8 Å². The van der Waals surface area contributed by atoms with Crippen LogP contribution >= 0.6 is 0 Å². The van der Waals surface area contributed by atoms with Crippen LogP contribution in [0.4, 0.5) is 0 Å². The highest BCUT2D eigenvalue weighted by atomic mass is 16.8. The van der Waals surface area contributed by atoms with Crippen LogP contribution in [-0.2, 0) is 80.6 Å². The van der Waals surface area contributed by atoms with E-state index in [1.165, 1.54) is 20.8 Å². The van der Waals surface area contributed by atoms with Gasteiger partial charge in [0.15, 0.2) is 50.3 Å². The second-order valence-corrected chi connectivity index (χ2v) is 23.9. The Labute approximate surface area is 522 Å². The Bertz CT molecular complexity index is 2330. The molecule has 92 heavy (non-hydrogen) atoms. The van der Waals surface area contributed by atoms with Gasteiger partial charge in [0.2, 0.25) is 11.8 Å². The van der Waals surface area contributed by atoms with Crippen molar-refractivity contribution >= 4 is 11.8 Å². The molecule has 0 aromatic carbocycles. The molecule has 2 amide bonds. The zero-order valence-electron chi connectivity index (χ0n) is 50.0. The average Bonchev–Trinajstić information content (AvgIpc) is 0.870. The van der Waals surface area contributed by atoms with Gasteiger partial charge in [-0.3, -0.25) is 9.59 Å². The van der Waals surface area contributed by atoms with E-state index in [4.69, 9.17) is 71.1 Å². The van der Waals surface area contributed by atoms with Gasteiger partial charge in [-0.2, -0.15) is 0 Å². The lowest BCUT2D eigenvalue weighted by atomic mass is 9.93. The van der Waals surface area contributed by atoms with Crippen molar-refractivity contribution in [3.05, 3.63) is 0 Å². The molecule has 8 aliphatic rings. The molecule has 8 heterocycles. The van der Waals surface area contributed by atoms with E-state index >= 15 is 0 Å². The maximum absolute atomic E-state index is 13.6. The SMILES string of the molecule is CC(=O)N[C@@H]1[C@@H](O[C@@H]2O[C@@H](C)[C@@H](O)[C@@H](O)[C@@H]2O)[C@H](O[C@@H]2O[C@H](CO)[C@@H](O[C@@H]3O[C@H](CO[C@@H]4O[C@H](CO)[C@@H](O)[C@H](O)[C@@H]4O)[C@@H](O)[C@H](O[C@@H]4O[C@H](CO)[C@@H](O)[C@H](O)[C@@H]4O)[C@@H]3O)[C@H](O[C@@H]3O[C@@H](C)[C@@H](O)[C@@H](O)[C@@H]3O)[C@H]2NC(C)=O)[C@@H](CO[C@@H]2O[C@@H](C)[C@@H](O)[C@@H](O)[C@@H]2O)O[C@H]1O. The fourth-order valence-electron chi connectivity index (χ4n) is 11.9. The van der Waals surface area contributed by atoms with Gasteiger partial charge in [-0.25, -0.2) is 0 Å². The first-order chi connectivity index (χ1) is 43.3. The van der Waals surface area contributed by atoms with Gasteiger partial charge in [0.1, 0.15) is 177 Å². The van der Waals surface area contributed by atoms with Crippen molar-refractivity contribution in [3.63, 3.8) is 0 Å². The lowest BCUT2D eigenvalue weighted by Crippen LogP contribution is -2.72. The molecule has 8 aliphatic heterocycles. The topological polar surface area (TPSA) is 621 Å². The molecule has 8 fully saturated rings. The number of carbonyl (C=O) groups excluding carboxylic acids is 2. The first-order valence-corrected chi connectivity index (χ1v) is 29.7. The molecule has 0 spiro atoms. The lowest BCUT2D eigenvalue weighted by Gasteiger charge is -2.52. The fraction of sp³-hybridized carbons (Fsp3) is 0.962. The fourth-order valence-corrected chi connectivity index (χ4v) is 11.9. The third-order valence-corrected chi connectivity index (χ3v) is 17.3. The maximum atomic E-state index is 13.6. The Morgan fingerprint density at radius 2 is 0.620 bits per heavy atom. The summed E-state index contributed by atoms with van der Waals surface area (Å²) in [6, 6.07) is -3.84. The van der Waals surface area contributed by atoms with Crippen LogP contribution in [0.2, 0.25) is 0 Å². The van der Waals surface area contributed by atoms with Gasteiger partial charge in [0.25, 0.3) is 0 Å². The Kier molecular flexibility index (Phi) is 26.2. The Morgan fingerprint density at radius 1 is 0.304 bits per heavy atom. The van der Waals surface area contributed by atoms with Gasteiger partial charge in [0, 0.05) is 13.8 Å². The highest BCUT2D eigenvalue weighted by molar-refractivity contribution is 5.73. The van der Waals surface area contributed by atoms with E-state index in [1.807, 2.05) is 0 Å². The monoisotopic (exact) mass is 1350 g/mol. The van der Waals surface area contributed by atoms with Crippen LogP contribution in [0.1, 0.15) is 34.6 Å². The number of carbonyl (C=O) groups is 2. The van der Waals surface area contributed by atoms with E-state index < -0.39 is 290 Å². The number of nitrogens with one attached hydrogen (secondary N) is 2. The van der Waals surface area contributed by atoms with E-state index in [1.54, 1.807) is 0 Å². The molecule has 40 atom stereocenters. The minimum atomic E-state index is -2.41. The molecule has 0 aromatic heterocycles. The zero-order chi connectivity index (χ0) is 67.8. The Morgan fingerprint density at radius 3 is 1.09 bits per heavy atom. The molecule has 534 valence electrons. The molecule has 0 radical (unpaired) electrons. The van der Waals surface area contributed by atoms with Crippen LogP contribution < -0.4 is 10.6 Å². The predicted molar refractivity (Wildman–Crippen MR) is 283 cm³/mol. The maximum Gasteiger partial charge on any atom is 0.217 e. The van der Waals surface area contributed by atoms with Crippen molar-refractivity contribution in [1.29, 1.82) is 0 Å². The molecule has 0 bridgehead atoms. The summed E-state index contributed by atoms with van der Waals surface area (Å²) in [5.41, 5.74) is 0. The number of rotatable bonds is 21. The van der Waals surface area contributed by atoms with E-state index in [0.29, 0.717) is 0 Å². The summed E-state index contributed by atoms with van der Waals surface area (Å²) in [5.74, 6) is -1.85. The van der Waals surface area contributed by atoms with Crippen LogP contribution in [0.3, 0.4) is 0 Å². The van der Waals surface area contributed by atoms with Crippen LogP contribution in [0.15, 0.2) is 0 Å². The van der Waals surface area contributed by atoms with Crippen molar-refractivity contribution in [2.45, 2.75) is 280 Å². The van der Waals surface area contributed by atoms with E-state index in [9.17, 15) is 117 Å². The number of amides is 2. The van der Waals surface area contributed by atoms with Gasteiger partial charge >= 0.3 is 0 Å². The molecule has 0 aromatic rings. The smallest absolute Gasteiger partial charge is 0.217 e. The number of hydrogen-bond acceptors (Lipinski definition) is 38. The van der Waals surface area contributed by atoms with Crippen LogP contribution in [0, 0.1) is 0 Å². The molecule has 8 saturated heterocycles. The minimum absolute atomic E-state index is 0.872. The third-order valence-electron chi connectivity index (χ3n) is 17.3. The number of ether oxygens (including phenoxy) is 15. The second kappa shape index (κ2) is 32.0. The highest BCUT2D eigenvalue weighted by Crippen LogP contribution is 2.39. The summed E-state index contributed by atoms with van der Waals surface area (Å²) < 4.78 is 89.7. The predicted octanol–water partition coefficient (Wildman–Crippen LogP) is -15.1. The first-order valence-electron chi connectivity index (χ1n) is 29.7. The molecule has 0 saturated carbocycles. The number of aliphatic hydroxyl groups is 21. The van der Waals surface area contributed by atoms with Gasteiger partial charge in [-0.1, -0.05) is 0 Å². The molecule has 8 rings (SSSR count). The molecule has 40 heteroatoms. The van der Waals surface area contributed by atoms with Crippen LogP contribution in [0.5, 0.6) is 0 Å². The van der Waals surface area contributed by atoms with Crippen molar-refractivity contribution < 1.29 is 188 Å². The molecule has 40 nitrogen and oxygen atoms in total. The van der Waals surface area contributed by atoms with Crippen molar-refractivity contribution in [1.82, 2.24) is 10.6 Å². The second-order valence-electron chi connectivity index (χ2n) is 23.9. The number of hydrogen-bond donors (Lipinski definition) is 23. The summed E-state index contributed by atoms with van der Waals surface area (Å²) in [6.07, 6.45) is -73.9. The van der Waals surface area contributed by atoms with Crippen LogP contribution in [-0.4, -0.2) is 398 Å². The lowest BCUT2D eigenvalue weighted by molar-refractivity contribution is -0.398. The Balaban J connectivity index is 1.20. The normalized spacial score (nSPS) is 52.1. The zero-order valence-corrected chi connectivity index (χ0v) is 50.0. The summed E-state index contributed by atoms with van der Waals surface area (Å²) >= 11 is 0. The molecule has 0 unspecified atom stereocenters. The standard InChI is InChI=1S/C52H88N2O38/c1-11-23(60)29(66)34(71)47(80-11)79-10-20-41(42(21(45(77)83-20)53-14(4)58)90-49-36(73)30(67)24(61)12(2)81-49)88-46-22(54-15(5)59)43(91-50-37(74)31(68)25(62)13(3)82-50)40(18(8-57)86-46)89-52-39(76)44(92-51-38(75)33(70)27(64)17(7-56)85-51)28(65)19(87-52)9-78-48-35(72)32(69)26(63)16(6-55)84-48/h11-13,16-52,55-57,60-77H,6-10H2,1-5H3,(H,53,58)(H,54,59)/t11-,12-,13-,16+,17+,18+,19+,20+,21+,22+,23+,24+,25+,26+,27+,28+,29+,30+,31+,32-,33-,34-,35-,36-,37-,38-,39-,40+,41+,42+,43+,44-,45+,46-,47+,48+,49-,50-,51-,52-/m0/s1. The van der Waals surface area contributed by atoms with Crippen molar-refractivity contribution in [2.75, 3.05) is 33.0 Å². The quantitative estimate of drug-likeness (QED) is 0.0507. The van der Waals surface area contributed by atoms with E-state index in [-0.39, 0.29) is 0 Å². The van der Waals surface area contributed by atoms with Gasteiger partial charge in [-0.15, -0.1) is 0 Å². The minimum Gasteiger partial charge on any atom is -0.394 e. The molecular formula is C52H88N2O38. The molecule has 23 N–H and O–H groups in total. The molecular weight excluding hydrogens is 1260 g/mol. The number of aliphatic hydroxyl groups excluding tert-OH is 21. The van der Waals surface area contributed by atoms with Crippen LogP contribution in [0.25, 0.3) is 0 Å². The average molecular weight is 1350 g/mol. The summed E-state index contributed by atoms with van der Waals surface area (Å²) in [4.78, 5) is 26.6. The van der Waals surface area contributed by atoms with Crippen molar-refractivity contribution in [2.24, 2.45) is 0 Å². The highest BCUT2D eigenvalue weighted by Gasteiger charge is 2.60. The largest absolute Gasteiger partial charge is 0.394 e. The van der Waals surface area contributed by atoms with E-state index in [0.717, 1.165) is 13.8 Å². The third kappa shape index (κ3) is 16.1. The molecule has 0 aliphatic carbocycles. The Hall–Kier alpha value is -2.50. The van der Waals surface area contributed by atoms with Gasteiger partial charge < -0.3 is 189 Å². The van der Waals surface area contributed by atoms with Crippen molar-refractivity contribution in [3.8, 4) is 0 Å². The summed E-state index contributed by atoms with van der Waals surface area (Å²) in [5, 5.41) is 234. The van der Waals surface area contributed by atoms with E-state index in [2.05, 4.69) is 10.6 Å². The first kappa shape index (κ1) is 75.3.